The van der Waals surface area contributed by atoms with Crippen LogP contribution in [0.2, 0.25) is 0 Å². The molecule has 27 heavy (non-hydrogen) atoms. The number of rotatable bonds is 3. The largest absolute Gasteiger partial charge is 0.431 e. The van der Waals surface area contributed by atoms with Crippen molar-refractivity contribution in [2.24, 2.45) is 0 Å². The van der Waals surface area contributed by atoms with Crippen LogP contribution in [-0.4, -0.2) is 51.1 Å². The van der Waals surface area contributed by atoms with Crippen molar-refractivity contribution in [1.29, 1.82) is 0 Å². The lowest BCUT2D eigenvalue weighted by molar-refractivity contribution is 0.0693. The first-order valence-electron chi connectivity index (χ1n) is 8.65. The van der Waals surface area contributed by atoms with Gasteiger partial charge >= 0.3 is 0 Å². The highest BCUT2D eigenvalue weighted by molar-refractivity contribution is 7.80. The van der Waals surface area contributed by atoms with Crippen molar-refractivity contribution in [2.75, 3.05) is 26.3 Å². The van der Waals surface area contributed by atoms with Gasteiger partial charge in [-0.1, -0.05) is 23.6 Å². The highest BCUT2D eigenvalue weighted by Gasteiger charge is 2.18. The first kappa shape index (κ1) is 16.6. The number of benzene rings is 1. The maximum Gasteiger partial charge on any atom is 0.281 e. The predicted octanol–water partition coefficient (Wildman–Crippen LogP) is 3.97. The number of pyridine rings is 1. The highest BCUT2D eigenvalue weighted by Crippen LogP contribution is 2.32. The Morgan fingerprint density at radius 1 is 1.26 bits per heavy atom. The van der Waals surface area contributed by atoms with Gasteiger partial charge in [-0.25, -0.2) is 4.98 Å². The fourth-order valence-corrected chi connectivity index (χ4v) is 4.32. The predicted molar refractivity (Wildman–Crippen MR) is 110 cm³/mol. The van der Waals surface area contributed by atoms with E-state index in [-0.39, 0.29) is 0 Å². The van der Waals surface area contributed by atoms with Gasteiger partial charge < -0.3 is 19.4 Å². The van der Waals surface area contributed by atoms with Gasteiger partial charge in [-0.15, -0.1) is 0 Å². The van der Waals surface area contributed by atoms with Crippen molar-refractivity contribution >= 4 is 49.8 Å². The smallest absolute Gasteiger partial charge is 0.281 e. The Hall–Kier alpha value is -2.55. The summed E-state index contributed by atoms with van der Waals surface area (Å²) in [6.45, 7) is 3.10. The van der Waals surface area contributed by atoms with Crippen molar-refractivity contribution in [3.63, 3.8) is 0 Å². The van der Waals surface area contributed by atoms with Crippen molar-refractivity contribution in [3.8, 4) is 10.9 Å². The molecule has 1 aliphatic rings. The Kier molecular flexibility index (Phi) is 4.23. The van der Waals surface area contributed by atoms with E-state index in [1.807, 2.05) is 36.5 Å². The quantitative estimate of drug-likeness (QED) is 0.529. The van der Waals surface area contributed by atoms with E-state index in [0.717, 1.165) is 58.2 Å². The number of thiocarbonyl (C=S) groups is 1. The molecule has 1 aromatic carbocycles. The van der Waals surface area contributed by atoms with E-state index >= 15 is 0 Å². The van der Waals surface area contributed by atoms with Gasteiger partial charge in [0.15, 0.2) is 5.65 Å². The molecule has 4 heterocycles. The first-order chi connectivity index (χ1) is 13.3. The van der Waals surface area contributed by atoms with E-state index in [9.17, 15) is 0 Å². The van der Waals surface area contributed by atoms with Gasteiger partial charge in [-0.05, 0) is 24.3 Å². The number of nitrogens with zero attached hydrogens (tertiary/aromatic N) is 3. The molecule has 0 spiro atoms. The molecule has 0 radical (unpaired) electrons. The van der Waals surface area contributed by atoms with E-state index in [4.69, 9.17) is 21.7 Å². The van der Waals surface area contributed by atoms with Crippen LogP contribution in [0.15, 0.2) is 42.7 Å². The number of H-pyrrole nitrogens is 1. The maximum absolute atomic E-state index is 5.95. The second kappa shape index (κ2) is 6.88. The Morgan fingerprint density at radius 2 is 2.15 bits per heavy atom. The zero-order valence-electron chi connectivity index (χ0n) is 14.3. The van der Waals surface area contributed by atoms with Gasteiger partial charge in [0, 0.05) is 48.0 Å². The molecule has 8 heteroatoms. The molecule has 6 nitrogen and oxygen atoms in total. The fourth-order valence-electron chi connectivity index (χ4n) is 3.18. The zero-order chi connectivity index (χ0) is 18.2. The van der Waals surface area contributed by atoms with Crippen LogP contribution in [0, 0.1) is 0 Å². The van der Waals surface area contributed by atoms with Crippen molar-refractivity contribution in [1.82, 2.24) is 19.9 Å². The van der Waals surface area contributed by atoms with Gasteiger partial charge in [0.05, 0.1) is 17.9 Å². The van der Waals surface area contributed by atoms with E-state index in [1.54, 1.807) is 6.20 Å². The Labute approximate surface area is 164 Å². The van der Waals surface area contributed by atoms with Crippen LogP contribution in [0.25, 0.3) is 21.3 Å². The maximum atomic E-state index is 5.95. The molecule has 1 aliphatic heterocycles. The number of nitrogens with one attached hydrogen (secondary N) is 1. The average molecular weight is 396 g/mol. The lowest BCUT2D eigenvalue weighted by Gasteiger charge is -2.28. The summed E-state index contributed by atoms with van der Waals surface area (Å²) in [5, 5.41) is 1.67. The topological polar surface area (TPSA) is 63.3 Å². The number of hydrogen-bond donors (Lipinski definition) is 1. The number of fused-ring (bicyclic) bond motifs is 2. The summed E-state index contributed by atoms with van der Waals surface area (Å²) in [6, 6.07) is 9.84. The molecule has 5 rings (SSSR count). The summed E-state index contributed by atoms with van der Waals surface area (Å²) in [5.74, 6) is 0.729. The number of thiazole rings is 1. The normalized spacial score (nSPS) is 14.7. The summed E-state index contributed by atoms with van der Waals surface area (Å²) < 4.78 is 12.4. The third-order valence-electron chi connectivity index (χ3n) is 4.53. The van der Waals surface area contributed by atoms with Gasteiger partial charge in [-0.3, -0.25) is 0 Å². The lowest BCUT2D eigenvalue weighted by atomic mass is 10.1. The molecule has 1 N–H and O–H groups in total. The summed E-state index contributed by atoms with van der Waals surface area (Å²) in [5.41, 5.74) is 2.73. The van der Waals surface area contributed by atoms with Crippen molar-refractivity contribution in [3.05, 3.63) is 48.3 Å². The molecule has 0 atom stereocenters. The van der Waals surface area contributed by atoms with Crippen molar-refractivity contribution < 1.29 is 9.47 Å². The summed E-state index contributed by atoms with van der Waals surface area (Å²) >= 11 is 7.18. The second-order valence-electron chi connectivity index (χ2n) is 6.22. The molecule has 0 bridgehead atoms. The number of morpholine rings is 1. The van der Waals surface area contributed by atoms with Crippen LogP contribution in [0.1, 0.15) is 5.56 Å². The SMILES string of the molecule is S=C(c1c[nH]c2cc(Oc3nc4ncccc4s3)ccc12)N1CCOCC1. The summed E-state index contributed by atoms with van der Waals surface area (Å²) in [7, 11) is 0. The van der Waals surface area contributed by atoms with E-state index in [1.165, 1.54) is 11.3 Å². The summed E-state index contributed by atoms with van der Waals surface area (Å²) in [4.78, 5) is 15.0. The van der Waals surface area contributed by atoms with E-state index in [0.29, 0.717) is 10.8 Å². The first-order valence-corrected chi connectivity index (χ1v) is 9.88. The number of hydrogen-bond acceptors (Lipinski definition) is 6. The van der Waals surface area contributed by atoms with E-state index in [2.05, 4.69) is 19.9 Å². The zero-order valence-corrected chi connectivity index (χ0v) is 16.0. The monoisotopic (exact) mass is 396 g/mol. The molecule has 0 aliphatic carbocycles. The van der Waals surface area contributed by atoms with Crippen LogP contribution in [0.5, 0.6) is 10.9 Å². The Bertz CT molecular complexity index is 1100. The minimum Gasteiger partial charge on any atom is -0.431 e. The number of ether oxygens (including phenoxy) is 2. The van der Waals surface area contributed by atoms with Crippen LogP contribution in [-0.2, 0) is 4.74 Å². The van der Waals surface area contributed by atoms with Gasteiger partial charge in [0.25, 0.3) is 5.19 Å². The lowest BCUT2D eigenvalue weighted by Crippen LogP contribution is -2.40. The van der Waals surface area contributed by atoms with Crippen molar-refractivity contribution in [2.45, 2.75) is 0 Å². The van der Waals surface area contributed by atoms with Crippen LogP contribution in [0.4, 0.5) is 0 Å². The average Bonchev–Trinajstić information content (AvgIpc) is 3.31. The number of aromatic amines is 1. The fraction of sp³-hybridized carbons (Fsp3) is 0.211. The minimum atomic E-state index is 0.582. The molecular formula is C19H16N4O2S2. The minimum absolute atomic E-state index is 0.582. The molecular weight excluding hydrogens is 380 g/mol. The van der Waals surface area contributed by atoms with Crippen LogP contribution < -0.4 is 4.74 Å². The van der Waals surface area contributed by atoms with Gasteiger partial charge in [0.1, 0.15) is 10.7 Å². The van der Waals surface area contributed by atoms with Gasteiger partial charge in [-0.2, -0.15) is 4.98 Å². The molecule has 0 amide bonds. The Balaban J connectivity index is 1.41. The second-order valence-corrected chi connectivity index (χ2v) is 7.60. The van der Waals surface area contributed by atoms with Crippen LogP contribution in [0.3, 0.4) is 0 Å². The molecule has 4 aromatic rings. The molecule has 136 valence electrons. The third kappa shape index (κ3) is 3.16. The number of aromatic nitrogens is 3. The standard InChI is InChI=1S/C19H16N4O2S2/c26-18(23-6-8-24-9-7-23)14-11-21-15-10-12(3-4-13(14)15)25-19-22-17-16(27-19)2-1-5-20-17/h1-5,10-11,21H,6-9H2. The third-order valence-corrected chi connectivity index (χ3v) is 5.90. The molecule has 1 saturated heterocycles. The highest BCUT2D eigenvalue weighted by atomic mass is 32.1. The van der Waals surface area contributed by atoms with Crippen LogP contribution >= 0.6 is 23.6 Å². The van der Waals surface area contributed by atoms with E-state index < -0.39 is 0 Å². The van der Waals surface area contributed by atoms with Gasteiger partial charge in [0.2, 0.25) is 0 Å². The molecule has 1 fully saturated rings. The molecule has 0 saturated carbocycles. The molecule has 3 aromatic heterocycles. The Morgan fingerprint density at radius 3 is 3.00 bits per heavy atom. The molecule has 0 unspecified atom stereocenters. The summed E-state index contributed by atoms with van der Waals surface area (Å²) in [6.07, 6.45) is 3.70.